The molecule has 12 heavy (non-hydrogen) atoms. The Morgan fingerprint density at radius 3 is 1.75 bits per heavy atom. The van der Waals surface area contributed by atoms with Crippen LogP contribution in [0.25, 0.3) is 11.1 Å². The first kappa shape index (κ1) is 8.74. The molecule has 0 nitrogen and oxygen atoms in total. The molecule has 0 amide bonds. The molecule has 0 fully saturated rings. The molecule has 0 unspecified atom stereocenters. The minimum Gasteiger partial charge on any atom is -0.0622 e. The molecular formula is C10H6I2. The van der Waals surface area contributed by atoms with Gasteiger partial charge in [0.1, 0.15) is 0 Å². The van der Waals surface area contributed by atoms with Gasteiger partial charge in [0.05, 0.1) is 0 Å². The monoisotopic (exact) mass is 380 g/mol. The van der Waals surface area contributed by atoms with Gasteiger partial charge in [-0.1, -0.05) is 30.3 Å². The lowest BCUT2D eigenvalue weighted by molar-refractivity contribution is 1.78. The first-order valence-electron chi connectivity index (χ1n) is 3.62. The van der Waals surface area contributed by atoms with Gasteiger partial charge in [-0.15, -0.1) is 0 Å². The zero-order chi connectivity index (χ0) is 8.55. The van der Waals surface area contributed by atoms with Gasteiger partial charge in [0.25, 0.3) is 0 Å². The standard InChI is InChI=1S/C10H6I2/c11-9-6-10(12)8-5-3-1-2-4-7(8)9/h1-6H. The average Bonchev–Trinajstić information content (AvgIpc) is 2.29. The lowest BCUT2D eigenvalue weighted by Crippen LogP contribution is -1.69. The lowest BCUT2D eigenvalue weighted by atomic mass is 10.2. The van der Waals surface area contributed by atoms with Crippen LogP contribution < -0.4 is 0 Å². The normalized spacial score (nSPS) is 10.5. The zero-order valence-electron chi connectivity index (χ0n) is 6.22. The molecule has 2 rings (SSSR count). The highest BCUT2D eigenvalue weighted by molar-refractivity contribution is 14.1. The van der Waals surface area contributed by atoms with Crippen LogP contribution in [0.4, 0.5) is 0 Å². The Balaban J connectivity index is 2.79. The van der Waals surface area contributed by atoms with Crippen LogP contribution in [0.2, 0.25) is 0 Å². The molecule has 0 atom stereocenters. The third kappa shape index (κ3) is 1.46. The summed E-state index contributed by atoms with van der Waals surface area (Å²) in [6, 6.07) is 12.8. The number of fused-ring (bicyclic) bond motifs is 1. The van der Waals surface area contributed by atoms with Crippen molar-refractivity contribution in [1.29, 1.82) is 0 Å². The van der Waals surface area contributed by atoms with Crippen LogP contribution >= 0.6 is 45.2 Å². The van der Waals surface area contributed by atoms with Gasteiger partial charge < -0.3 is 0 Å². The van der Waals surface area contributed by atoms with Crippen molar-refractivity contribution in [2.75, 3.05) is 0 Å². The Hall–Kier alpha value is 0.160. The topological polar surface area (TPSA) is 0 Å². The lowest BCUT2D eigenvalue weighted by Gasteiger charge is -1.92. The van der Waals surface area contributed by atoms with Crippen molar-refractivity contribution in [2.24, 2.45) is 0 Å². The van der Waals surface area contributed by atoms with Crippen LogP contribution in [0.1, 0.15) is 0 Å². The summed E-state index contributed by atoms with van der Waals surface area (Å²) in [6.45, 7) is 0. The van der Waals surface area contributed by atoms with Crippen LogP contribution in [0.15, 0.2) is 36.4 Å². The minimum atomic E-state index is 1.34. The maximum Gasteiger partial charge on any atom is 0.0219 e. The van der Waals surface area contributed by atoms with E-state index in [1.54, 1.807) is 0 Å². The second-order valence-corrected chi connectivity index (χ2v) is 4.90. The van der Waals surface area contributed by atoms with Crippen LogP contribution in [0.5, 0.6) is 0 Å². The molecule has 2 aliphatic carbocycles. The molecule has 0 saturated carbocycles. The summed E-state index contributed by atoms with van der Waals surface area (Å²) in [6.07, 6.45) is 0. The van der Waals surface area contributed by atoms with E-state index in [-0.39, 0.29) is 0 Å². The van der Waals surface area contributed by atoms with E-state index in [1.807, 2.05) is 0 Å². The fourth-order valence-electron chi connectivity index (χ4n) is 1.23. The highest BCUT2D eigenvalue weighted by atomic mass is 127. The first-order chi connectivity index (χ1) is 5.79. The highest BCUT2D eigenvalue weighted by Gasteiger charge is 2.09. The van der Waals surface area contributed by atoms with Crippen molar-refractivity contribution in [2.45, 2.75) is 0 Å². The van der Waals surface area contributed by atoms with E-state index < -0.39 is 0 Å². The summed E-state index contributed by atoms with van der Waals surface area (Å²) in [4.78, 5) is 0. The maximum absolute atomic E-state index is 2.38. The Bertz CT molecular complexity index is 348. The van der Waals surface area contributed by atoms with Crippen molar-refractivity contribution in [3.8, 4) is 11.1 Å². The molecule has 0 saturated heterocycles. The molecule has 0 heterocycles. The third-order valence-electron chi connectivity index (χ3n) is 1.81. The molecule has 0 aromatic rings. The van der Waals surface area contributed by atoms with E-state index in [2.05, 4.69) is 81.6 Å². The summed E-state index contributed by atoms with van der Waals surface area (Å²) in [5.41, 5.74) is 2.70. The Morgan fingerprint density at radius 1 is 0.750 bits per heavy atom. The molecule has 0 aromatic carbocycles. The van der Waals surface area contributed by atoms with Crippen molar-refractivity contribution >= 4 is 45.2 Å². The molecule has 0 radical (unpaired) electrons. The Labute approximate surface area is 99.0 Å². The van der Waals surface area contributed by atoms with Gasteiger partial charge in [0.2, 0.25) is 0 Å². The van der Waals surface area contributed by atoms with Crippen molar-refractivity contribution in [3.05, 3.63) is 43.5 Å². The van der Waals surface area contributed by atoms with Crippen LogP contribution in [0.3, 0.4) is 0 Å². The second kappa shape index (κ2) is 3.49. The van der Waals surface area contributed by atoms with E-state index in [0.717, 1.165) is 0 Å². The van der Waals surface area contributed by atoms with Gasteiger partial charge in [-0.25, -0.2) is 0 Å². The summed E-state index contributed by atoms with van der Waals surface area (Å²) >= 11 is 4.75. The van der Waals surface area contributed by atoms with E-state index in [0.29, 0.717) is 0 Å². The molecule has 2 aliphatic rings. The molecule has 0 N–H and O–H groups in total. The van der Waals surface area contributed by atoms with Crippen molar-refractivity contribution in [3.63, 3.8) is 0 Å². The van der Waals surface area contributed by atoms with Crippen LogP contribution in [-0.4, -0.2) is 0 Å². The largest absolute Gasteiger partial charge is 0.0622 e. The second-order valence-electron chi connectivity index (χ2n) is 2.58. The molecule has 0 aromatic heterocycles. The Morgan fingerprint density at radius 2 is 1.25 bits per heavy atom. The molecular weight excluding hydrogens is 374 g/mol. The summed E-state index contributed by atoms with van der Waals surface area (Å²) in [5.74, 6) is 0. The quantitative estimate of drug-likeness (QED) is 0.607. The minimum absolute atomic E-state index is 1.34. The van der Waals surface area contributed by atoms with Crippen LogP contribution in [0, 0.1) is 7.14 Å². The highest BCUT2D eigenvalue weighted by Crippen LogP contribution is 2.33. The predicted molar refractivity (Wildman–Crippen MR) is 68.5 cm³/mol. The predicted octanol–water partition coefficient (Wildman–Crippen LogP) is 4.00. The van der Waals surface area contributed by atoms with E-state index >= 15 is 0 Å². The first-order valence-corrected chi connectivity index (χ1v) is 5.77. The van der Waals surface area contributed by atoms with E-state index in [9.17, 15) is 0 Å². The average molecular weight is 380 g/mol. The van der Waals surface area contributed by atoms with Crippen molar-refractivity contribution in [1.82, 2.24) is 0 Å². The van der Waals surface area contributed by atoms with Gasteiger partial charge in [-0.2, -0.15) is 0 Å². The van der Waals surface area contributed by atoms with Crippen molar-refractivity contribution < 1.29 is 0 Å². The number of hydrogen-bond acceptors (Lipinski definition) is 0. The van der Waals surface area contributed by atoms with Crippen LogP contribution in [-0.2, 0) is 0 Å². The van der Waals surface area contributed by atoms with Gasteiger partial charge in [0.15, 0.2) is 0 Å². The van der Waals surface area contributed by atoms with Gasteiger partial charge in [-0.3, -0.25) is 0 Å². The molecule has 2 heteroatoms. The van der Waals surface area contributed by atoms with E-state index in [4.69, 9.17) is 0 Å². The SMILES string of the molecule is Ic1cc(I)c2cccccc1-2. The third-order valence-corrected chi connectivity index (χ3v) is 3.59. The number of halogens is 2. The molecule has 60 valence electrons. The maximum atomic E-state index is 2.38. The van der Waals surface area contributed by atoms with Gasteiger partial charge in [-0.05, 0) is 62.4 Å². The zero-order valence-corrected chi connectivity index (χ0v) is 10.5. The van der Waals surface area contributed by atoms with Gasteiger partial charge in [0, 0.05) is 7.14 Å². The summed E-state index contributed by atoms with van der Waals surface area (Å²) in [7, 11) is 0. The molecule has 0 spiro atoms. The Kier molecular flexibility index (Phi) is 2.55. The van der Waals surface area contributed by atoms with E-state index in [1.165, 1.54) is 18.3 Å². The fraction of sp³-hybridized carbons (Fsp3) is 0. The summed E-state index contributed by atoms with van der Waals surface area (Å²) < 4.78 is 2.67. The molecule has 0 bridgehead atoms. The molecule has 0 aliphatic heterocycles. The number of hydrogen-bond donors (Lipinski definition) is 0. The smallest absolute Gasteiger partial charge is 0.0219 e. The number of rotatable bonds is 0. The summed E-state index contributed by atoms with van der Waals surface area (Å²) in [5, 5.41) is 0. The fourth-order valence-corrected chi connectivity index (χ4v) is 3.39. The van der Waals surface area contributed by atoms with Gasteiger partial charge >= 0.3 is 0 Å².